The lowest BCUT2D eigenvalue weighted by Gasteiger charge is -2.18. The normalized spacial score (nSPS) is 11.6. The molecule has 0 radical (unpaired) electrons. The molecule has 1 aromatic heterocycles. The second kappa shape index (κ2) is 11.6. The van der Waals surface area contributed by atoms with Crippen molar-refractivity contribution in [1.82, 2.24) is 8.87 Å². The summed E-state index contributed by atoms with van der Waals surface area (Å²) in [7, 11) is -2.04. The maximum absolute atomic E-state index is 13.5. The number of sulfonamides is 1. The lowest BCUT2D eigenvalue weighted by Crippen LogP contribution is -2.30. The minimum atomic E-state index is -3.60. The molecule has 0 saturated heterocycles. The molecular formula is C29H30ClN3O5S. The highest BCUT2D eigenvalue weighted by atomic mass is 35.5. The van der Waals surface area contributed by atoms with Crippen LogP contribution in [0.3, 0.4) is 0 Å². The van der Waals surface area contributed by atoms with Gasteiger partial charge in [0.05, 0.1) is 23.9 Å². The number of nitrogens with one attached hydrogen (secondary N) is 1. The van der Waals surface area contributed by atoms with Gasteiger partial charge in [0.1, 0.15) is 5.75 Å². The minimum Gasteiger partial charge on any atom is -0.497 e. The Kier molecular flexibility index (Phi) is 8.44. The van der Waals surface area contributed by atoms with Gasteiger partial charge in [0.15, 0.2) is 0 Å². The SMILES string of the molecule is CCN(CC)S(=O)(=O)c1ccc(NC(=O)Cc2c(C)n(C(=O)c3ccc(Cl)cc3)c3ccc(OC)cc23)cc1. The van der Waals surface area contributed by atoms with Gasteiger partial charge >= 0.3 is 0 Å². The highest BCUT2D eigenvalue weighted by molar-refractivity contribution is 7.89. The van der Waals surface area contributed by atoms with Crippen molar-refractivity contribution in [2.75, 3.05) is 25.5 Å². The van der Waals surface area contributed by atoms with Crippen molar-refractivity contribution in [3.63, 3.8) is 0 Å². The Morgan fingerprint density at radius 1 is 0.974 bits per heavy atom. The van der Waals surface area contributed by atoms with E-state index in [-0.39, 0.29) is 23.1 Å². The largest absolute Gasteiger partial charge is 0.497 e. The topological polar surface area (TPSA) is 97.7 Å². The highest BCUT2D eigenvalue weighted by Gasteiger charge is 2.23. The monoisotopic (exact) mass is 567 g/mol. The molecule has 0 aliphatic rings. The van der Waals surface area contributed by atoms with E-state index in [0.29, 0.717) is 51.9 Å². The number of aromatic nitrogens is 1. The van der Waals surface area contributed by atoms with E-state index in [2.05, 4.69) is 5.32 Å². The zero-order valence-corrected chi connectivity index (χ0v) is 23.8. The Bertz CT molecular complexity index is 1620. The number of hydrogen-bond donors (Lipinski definition) is 1. The van der Waals surface area contributed by atoms with Crippen LogP contribution >= 0.6 is 11.6 Å². The minimum absolute atomic E-state index is 0.00407. The number of carbonyl (C=O) groups is 2. The molecule has 0 spiro atoms. The zero-order valence-electron chi connectivity index (χ0n) is 22.2. The summed E-state index contributed by atoms with van der Waals surface area (Å²) in [4.78, 5) is 26.8. The predicted molar refractivity (Wildman–Crippen MR) is 153 cm³/mol. The molecule has 1 N–H and O–H groups in total. The van der Waals surface area contributed by atoms with Crippen LogP contribution in [0.2, 0.25) is 5.02 Å². The molecule has 4 rings (SSSR count). The van der Waals surface area contributed by atoms with Crippen molar-refractivity contribution in [1.29, 1.82) is 0 Å². The van der Waals surface area contributed by atoms with Crippen molar-refractivity contribution in [2.24, 2.45) is 0 Å². The Morgan fingerprint density at radius 3 is 2.21 bits per heavy atom. The maximum atomic E-state index is 13.5. The van der Waals surface area contributed by atoms with Crippen LogP contribution in [-0.4, -0.2) is 49.3 Å². The molecule has 0 bridgehead atoms. The number of halogens is 1. The third kappa shape index (κ3) is 5.71. The number of nitrogens with zero attached hydrogens (tertiary/aromatic N) is 2. The van der Waals surface area contributed by atoms with Gasteiger partial charge in [-0.2, -0.15) is 4.31 Å². The van der Waals surface area contributed by atoms with Gasteiger partial charge < -0.3 is 10.1 Å². The van der Waals surface area contributed by atoms with E-state index in [1.54, 1.807) is 81.0 Å². The number of hydrogen-bond acceptors (Lipinski definition) is 5. The Morgan fingerprint density at radius 2 is 1.62 bits per heavy atom. The Labute approximate surface area is 233 Å². The average molecular weight is 568 g/mol. The van der Waals surface area contributed by atoms with E-state index in [1.165, 1.54) is 16.4 Å². The summed E-state index contributed by atoms with van der Waals surface area (Å²) in [6, 6.07) is 18.1. The number of rotatable bonds is 9. The molecule has 3 aromatic carbocycles. The van der Waals surface area contributed by atoms with Crippen molar-refractivity contribution in [3.05, 3.63) is 88.6 Å². The number of amides is 1. The van der Waals surface area contributed by atoms with Gasteiger partial charge in [-0.1, -0.05) is 25.4 Å². The van der Waals surface area contributed by atoms with E-state index in [1.807, 2.05) is 6.07 Å². The maximum Gasteiger partial charge on any atom is 0.262 e. The summed E-state index contributed by atoms with van der Waals surface area (Å²) >= 11 is 6.00. The molecule has 0 atom stereocenters. The first-order chi connectivity index (χ1) is 18.6. The van der Waals surface area contributed by atoms with Gasteiger partial charge in [-0.25, -0.2) is 8.42 Å². The van der Waals surface area contributed by atoms with Crippen LogP contribution < -0.4 is 10.1 Å². The summed E-state index contributed by atoms with van der Waals surface area (Å²) in [6.45, 7) is 6.11. The van der Waals surface area contributed by atoms with E-state index < -0.39 is 10.0 Å². The Hall–Kier alpha value is -3.66. The molecule has 0 saturated carbocycles. The fourth-order valence-corrected chi connectivity index (χ4v) is 6.17. The van der Waals surface area contributed by atoms with Crippen LogP contribution in [0.1, 0.15) is 35.5 Å². The van der Waals surface area contributed by atoms with Crippen LogP contribution in [0.15, 0.2) is 71.6 Å². The Balaban J connectivity index is 1.64. The fraction of sp³-hybridized carbons (Fsp3) is 0.241. The summed E-state index contributed by atoms with van der Waals surface area (Å²) < 4.78 is 33.9. The second-order valence-corrected chi connectivity index (χ2v) is 11.3. The molecule has 0 aliphatic heterocycles. The van der Waals surface area contributed by atoms with Crippen LogP contribution in [0.25, 0.3) is 10.9 Å². The first-order valence-electron chi connectivity index (χ1n) is 12.5. The van der Waals surface area contributed by atoms with Gasteiger partial charge in [-0.05, 0) is 79.2 Å². The second-order valence-electron chi connectivity index (χ2n) is 8.93. The van der Waals surface area contributed by atoms with Crippen LogP contribution in [0.5, 0.6) is 5.75 Å². The number of ether oxygens (including phenoxy) is 1. The van der Waals surface area contributed by atoms with Crippen LogP contribution in [-0.2, 0) is 21.2 Å². The first-order valence-corrected chi connectivity index (χ1v) is 14.3. The average Bonchev–Trinajstić information content (AvgIpc) is 3.19. The lowest BCUT2D eigenvalue weighted by molar-refractivity contribution is -0.115. The van der Waals surface area contributed by atoms with E-state index in [4.69, 9.17) is 16.3 Å². The van der Waals surface area contributed by atoms with E-state index in [0.717, 1.165) is 5.39 Å². The van der Waals surface area contributed by atoms with E-state index >= 15 is 0 Å². The van der Waals surface area contributed by atoms with Gasteiger partial charge in [0, 0.05) is 40.4 Å². The molecule has 39 heavy (non-hydrogen) atoms. The third-order valence-electron chi connectivity index (χ3n) is 6.65. The number of carbonyl (C=O) groups excluding carboxylic acids is 2. The van der Waals surface area contributed by atoms with Crippen molar-refractivity contribution in [2.45, 2.75) is 32.1 Å². The molecule has 1 amide bonds. The molecule has 0 fully saturated rings. The zero-order chi connectivity index (χ0) is 28.3. The molecule has 204 valence electrons. The standard InChI is InChI=1S/C29H30ClN3O5S/c1-5-32(6-2)39(36,37)24-14-11-22(12-15-24)31-28(34)18-25-19(3)33(27-16-13-23(38-4)17-26(25)27)29(35)20-7-9-21(30)10-8-20/h7-17H,5-6,18H2,1-4H3,(H,31,34). The predicted octanol–water partition coefficient (Wildman–Crippen LogP) is 5.51. The highest BCUT2D eigenvalue weighted by Crippen LogP contribution is 2.31. The summed E-state index contributed by atoms with van der Waals surface area (Å²) in [5.74, 6) is 0.0551. The smallest absolute Gasteiger partial charge is 0.262 e. The summed E-state index contributed by atoms with van der Waals surface area (Å²) in [5.41, 5.74) is 2.90. The van der Waals surface area contributed by atoms with Gasteiger partial charge in [-0.3, -0.25) is 14.2 Å². The number of anilines is 1. The third-order valence-corrected chi connectivity index (χ3v) is 8.97. The molecule has 4 aromatic rings. The lowest BCUT2D eigenvalue weighted by atomic mass is 10.1. The van der Waals surface area contributed by atoms with Gasteiger partial charge in [-0.15, -0.1) is 0 Å². The summed E-state index contributed by atoms with van der Waals surface area (Å²) in [5, 5.41) is 4.09. The molecular weight excluding hydrogens is 538 g/mol. The first kappa shape index (κ1) is 28.4. The van der Waals surface area contributed by atoms with E-state index in [9.17, 15) is 18.0 Å². The van der Waals surface area contributed by atoms with Crippen LogP contribution in [0, 0.1) is 6.92 Å². The summed E-state index contributed by atoms with van der Waals surface area (Å²) in [6.07, 6.45) is -0.00407. The van der Waals surface area contributed by atoms with Crippen molar-refractivity contribution < 1.29 is 22.7 Å². The molecule has 0 unspecified atom stereocenters. The number of methoxy groups -OCH3 is 1. The molecule has 1 heterocycles. The van der Waals surface area contributed by atoms with Crippen molar-refractivity contribution >= 4 is 50.0 Å². The molecule has 0 aliphatic carbocycles. The van der Waals surface area contributed by atoms with Gasteiger partial charge in [0.25, 0.3) is 5.91 Å². The van der Waals surface area contributed by atoms with Crippen LogP contribution in [0.4, 0.5) is 5.69 Å². The van der Waals surface area contributed by atoms with Gasteiger partial charge in [0.2, 0.25) is 15.9 Å². The molecule has 8 nitrogen and oxygen atoms in total. The fourth-order valence-electron chi connectivity index (χ4n) is 4.58. The number of benzene rings is 3. The quantitative estimate of drug-likeness (QED) is 0.287. The molecule has 10 heteroatoms. The van der Waals surface area contributed by atoms with Crippen molar-refractivity contribution in [3.8, 4) is 5.75 Å². The number of fused-ring (bicyclic) bond motifs is 1.